The van der Waals surface area contributed by atoms with Gasteiger partial charge in [0.1, 0.15) is 4.88 Å². The van der Waals surface area contributed by atoms with Gasteiger partial charge < -0.3 is 10.0 Å². The molecule has 0 spiro atoms. The van der Waals surface area contributed by atoms with Gasteiger partial charge in [-0.05, 0) is 39.5 Å². The third kappa shape index (κ3) is 3.36. The van der Waals surface area contributed by atoms with Gasteiger partial charge >= 0.3 is 5.97 Å². The average Bonchev–Trinajstić information content (AvgIpc) is 2.75. The minimum Gasteiger partial charge on any atom is -0.481 e. The Hall–Kier alpha value is -1.43. The zero-order valence-electron chi connectivity index (χ0n) is 11.9. The molecule has 1 aromatic heterocycles. The van der Waals surface area contributed by atoms with Crippen LogP contribution in [0.25, 0.3) is 0 Å². The Labute approximate surface area is 122 Å². The number of rotatable bonds is 4. The molecule has 1 aliphatic heterocycles. The first kappa shape index (κ1) is 15.0. The average molecular weight is 296 g/mol. The number of thiazole rings is 1. The Balaban J connectivity index is 2.12. The molecule has 6 heteroatoms. The zero-order valence-corrected chi connectivity index (χ0v) is 12.7. The first-order valence-corrected chi connectivity index (χ1v) is 7.77. The summed E-state index contributed by atoms with van der Waals surface area (Å²) in [4.78, 5) is 30.2. The molecule has 20 heavy (non-hydrogen) atoms. The Kier molecular flexibility index (Phi) is 4.75. The molecular formula is C14H20N2O3S. The predicted molar refractivity (Wildman–Crippen MR) is 77.1 cm³/mol. The molecule has 0 unspecified atom stereocenters. The standard InChI is InChI=1S/C14H20N2O3S/c1-9-13(20-10(2)15-9)14(19)16-8-4-3-5-11(16)6-7-12(17)18/h11H,3-8H2,1-2H3,(H,17,18)/t11-/m1/s1. The van der Waals surface area contributed by atoms with E-state index in [1.165, 1.54) is 11.3 Å². The monoisotopic (exact) mass is 296 g/mol. The van der Waals surface area contributed by atoms with Crippen LogP contribution < -0.4 is 0 Å². The summed E-state index contributed by atoms with van der Waals surface area (Å²) in [6.07, 6.45) is 3.61. The Morgan fingerprint density at radius 2 is 2.15 bits per heavy atom. The van der Waals surface area contributed by atoms with Crippen LogP contribution in [0.3, 0.4) is 0 Å². The zero-order chi connectivity index (χ0) is 14.7. The van der Waals surface area contributed by atoms with Gasteiger partial charge in [-0.15, -0.1) is 11.3 Å². The van der Waals surface area contributed by atoms with Crippen LogP contribution in [-0.4, -0.2) is 39.5 Å². The number of carboxylic acid groups (broad SMARTS) is 1. The molecule has 0 bridgehead atoms. The molecule has 2 heterocycles. The summed E-state index contributed by atoms with van der Waals surface area (Å²) in [5.74, 6) is -0.782. The van der Waals surface area contributed by atoms with Crippen LogP contribution in [0.2, 0.25) is 0 Å². The summed E-state index contributed by atoms with van der Waals surface area (Å²) >= 11 is 1.42. The van der Waals surface area contributed by atoms with E-state index in [1.54, 1.807) is 0 Å². The number of carbonyl (C=O) groups is 2. The summed E-state index contributed by atoms with van der Waals surface area (Å²) in [5.41, 5.74) is 0.778. The molecule has 1 fully saturated rings. The third-order valence-electron chi connectivity index (χ3n) is 3.68. The highest BCUT2D eigenvalue weighted by atomic mass is 32.1. The highest BCUT2D eigenvalue weighted by Gasteiger charge is 2.29. The molecule has 0 aromatic carbocycles. The number of aromatic nitrogens is 1. The highest BCUT2D eigenvalue weighted by Crippen LogP contribution is 2.26. The van der Waals surface area contributed by atoms with Gasteiger partial charge in [0.15, 0.2) is 0 Å². The van der Waals surface area contributed by atoms with Crippen LogP contribution >= 0.6 is 11.3 Å². The van der Waals surface area contributed by atoms with E-state index in [0.29, 0.717) is 11.3 Å². The number of aliphatic carboxylic acids is 1. The number of hydrogen-bond donors (Lipinski definition) is 1. The Morgan fingerprint density at radius 1 is 1.40 bits per heavy atom. The van der Waals surface area contributed by atoms with Crippen molar-refractivity contribution in [2.75, 3.05) is 6.54 Å². The predicted octanol–water partition coefficient (Wildman–Crippen LogP) is 2.62. The van der Waals surface area contributed by atoms with Crippen molar-refractivity contribution in [2.24, 2.45) is 0 Å². The second kappa shape index (κ2) is 6.35. The maximum absolute atomic E-state index is 12.6. The quantitative estimate of drug-likeness (QED) is 0.927. The van der Waals surface area contributed by atoms with E-state index >= 15 is 0 Å². The molecule has 1 saturated heterocycles. The number of piperidine rings is 1. The van der Waals surface area contributed by atoms with Gasteiger partial charge in [-0.1, -0.05) is 0 Å². The molecule has 0 radical (unpaired) electrons. The van der Waals surface area contributed by atoms with Crippen molar-refractivity contribution in [1.29, 1.82) is 0 Å². The second-order valence-corrected chi connectivity index (χ2v) is 6.43. The van der Waals surface area contributed by atoms with Crippen LogP contribution in [-0.2, 0) is 4.79 Å². The fourth-order valence-electron chi connectivity index (χ4n) is 2.72. The van der Waals surface area contributed by atoms with Gasteiger partial charge in [-0.3, -0.25) is 9.59 Å². The van der Waals surface area contributed by atoms with E-state index in [2.05, 4.69) is 4.98 Å². The lowest BCUT2D eigenvalue weighted by Gasteiger charge is -2.35. The van der Waals surface area contributed by atoms with Gasteiger partial charge in [0.05, 0.1) is 10.7 Å². The maximum atomic E-state index is 12.6. The van der Waals surface area contributed by atoms with Crippen LogP contribution in [0.4, 0.5) is 0 Å². The molecule has 1 aliphatic rings. The smallest absolute Gasteiger partial charge is 0.303 e. The third-order valence-corrected chi connectivity index (χ3v) is 4.74. The van der Waals surface area contributed by atoms with Gasteiger partial charge in [0, 0.05) is 19.0 Å². The summed E-state index contributed by atoms with van der Waals surface area (Å²) < 4.78 is 0. The van der Waals surface area contributed by atoms with Crippen molar-refractivity contribution in [3.63, 3.8) is 0 Å². The van der Waals surface area contributed by atoms with E-state index in [4.69, 9.17) is 5.11 Å². The van der Waals surface area contributed by atoms with Crippen LogP contribution in [0.1, 0.15) is 52.5 Å². The number of carbonyl (C=O) groups excluding carboxylic acids is 1. The second-order valence-electron chi connectivity index (χ2n) is 5.23. The van der Waals surface area contributed by atoms with Crippen molar-refractivity contribution in [2.45, 2.75) is 52.0 Å². The van der Waals surface area contributed by atoms with Crippen molar-refractivity contribution < 1.29 is 14.7 Å². The summed E-state index contributed by atoms with van der Waals surface area (Å²) in [6, 6.07) is 0.0501. The molecule has 0 aliphatic carbocycles. The molecule has 1 atom stereocenters. The Bertz CT molecular complexity index is 513. The van der Waals surface area contributed by atoms with Gasteiger partial charge in [-0.2, -0.15) is 0 Å². The molecule has 0 saturated carbocycles. The minimum atomic E-state index is -0.798. The van der Waals surface area contributed by atoms with Crippen molar-refractivity contribution in [3.8, 4) is 0 Å². The fraction of sp³-hybridized carbons (Fsp3) is 0.643. The maximum Gasteiger partial charge on any atom is 0.303 e. The summed E-state index contributed by atoms with van der Waals surface area (Å²) in [6.45, 7) is 4.47. The SMILES string of the molecule is Cc1nc(C)c(C(=O)N2CCCC[C@@H]2CCC(=O)O)s1. The molecule has 1 aromatic rings. The van der Waals surface area contributed by atoms with Crippen molar-refractivity contribution in [1.82, 2.24) is 9.88 Å². The van der Waals surface area contributed by atoms with E-state index in [0.717, 1.165) is 36.5 Å². The molecule has 1 N–H and O–H groups in total. The molecule has 2 rings (SSSR count). The van der Waals surface area contributed by atoms with Crippen LogP contribution in [0, 0.1) is 13.8 Å². The van der Waals surface area contributed by atoms with E-state index in [1.807, 2.05) is 18.7 Å². The topological polar surface area (TPSA) is 70.5 Å². The lowest BCUT2D eigenvalue weighted by atomic mass is 9.97. The normalized spacial score (nSPS) is 19.1. The number of nitrogens with zero attached hydrogens (tertiary/aromatic N) is 2. The first-order valence-electron chi connectivity index (χ1n) is 6.96. The number of hydrogen-bond acceptors (Lipinski definition) is 4. The van der Waals surface area contributed by atoms with Crippen LogP contribution in [0.15, 0.2) is 0 Å². The summed E-state index contributed by atoms with van der Waals surface area (Å²) in [7, 11) is 0. The van der Waals surface area contributed by atoms with Crippen molar-refractivity contribution in [3.05, 3.63) is 15.6 Å². The summed E-state index contributed by atoms with van der Waals surface area (Å²) in [5, 5.41) is 9.72. The number of likely N-dealkylation sites (tertiary alicyclic amines) is 1. The minimum absolute atomic E-state index is 0.0168. The fourth-order valence-corrected chi connectivity index (χ4v) is 3.59. The molecular weight excluding hydrogens is 276 g/mol. The molecule has 1 amide bonds. The Morgan fingerprint density at radius 3 is 2.75 bits per heavy atom. The number of amides is 1. The lowest BCUT2D eigenvalue weighted by Crippen LogP contribution is -2.43. The van der Waals surface area contributed by atoms with Crippen LogP contribution in [0.5, 0.6) is 0 Å². The van der Waals surface area contributed by atoms with Gasteiger partial charge in [-0.25, -0.2) is 4.98 Å². The first-order chi connectivity index (χ1) is 9.49. The highest BCUT2D eigenvalue weighted by molar-refractivity contribution is 7.13. The van der Waals surface area contributed by atoms with Gasteiger partial charge in [0.25, 0.3) is 5.91 Å². The van der Waals surface area contributed by atoms with Gasteiger partial charge in [0.2, 0.25) is 0 Å². The number of aryl methyl sites for hydroxylation is 2. The molecule has 110 valence electrons. The largest absolute Gasteiger partial charge is 0.481 e. The number of carboxylic acids is 1. The molecule has 5 nitrogen and oxygen atoms in total. The van der Waals surface area contributed by atoms with E-state index in [9.17, 15) is 9.59 Å². The van der Waals surface area contributed by atoms with E-state index < -0.39 is 5.97 Å². The lowest BCUT2D eigenvalue weighted by molar-refractivity contribution is -0.137. The van der Waals surface area contributed by atoms with Crippen molar-refractivity contribution >= 4 is 23.2 Å². The van der Waals surface area contributed by atoms with E-state index in [-0.39, 0.29) is 18.4 Å².